The zero-order chi connectivity index (χ0) is 18.7. The maximum atomic E-state index is 12.6. The fourth-order valence-corrected chi connectivity index (χ4v) is 2.98. The number of nitrogens with zero attached hydrogens (tertiary/aromatic N) is 1. The van der Waals surface area contributed by atoms with Crippen molar-refractivity contribution < 1.29 is 9.72 Å². The van der Waals surface area contributed by atoms with Gasteiger partial charge in [0.2, 0.25) is 0 Å². The van der Waals surface area contributed by atoms with Crippen molar-refractivity contribution in [3.63, 3.8) is 0 Å². The van der Waals surface area contributed by atoms with E-state index in [1.165, 1.54) is 6.07 Å². The normalized spacial score (nSPS) is 15.2. The van der Waals surface area contributed by atoms with E-state index in [4.69, 9.17) is 5.73 Å². The molecule has 1 fully saturated rings. The lowest BCUT2D eigenvalue weighted by atomic mass is 9.95. The van der Waals surface area contributed by atoms with Crippen molar-refractivity contribution in [1.29, 1.82) is 0 Å². The average Bonchev–Trinajstić information content (AvgIpc) is 3.48. The van der Waals surface area contributed by atoms with E-state index in [-0.39, 0.29) is 29.6 Å². The third-order valence-electron chi connectivity index (χ3n) is 4.81. The number of nitro benzene ring substituents is 1. The quantitative estimate of drug-likeness (QED) is 0.494. The topological polar surface area (TPSA) is 110 Å². The van der Waals surface area contributed by atoms with E-state index in [1.54, 1.807) is 12.1 Å². The first-order chi connectivity index (χ1) is 12.4. The Kier molecular flexibility index (Phi) is 6.41. The molecule has 8 heteroatoms. The van der Waals surface area contributed by atoms with Gasteiger partial charge < -0.3 is 16.4 Å². The van der Waals surface area contributed by atoms with Gasteiger partial charge in [-0.25, -0.2) is 0 Å². The molecule has 27 heavy (non-hydrogen) atoms. The summed E-state index contributed by atoms with van der Waals surface area (Å²) in [5.41, 5.74) is 6.51. The molecule has 1 atom stereocenters. The first-order valence-corrected chi connectivity index (χ1v) is 8.56. The molecule has 0 spiro atoms. The van der Waals surface area contributed by atoms with Crippen molar-refractivity contribution in [3.8, 4) is 0 Å². The summed E-state index contributed by atoms with van der Waals surface area (Å²) in [4.78, 5) is 23.6. The van der Waals surface area contributed by atoms with Crippen LogP contribution in [-0.2, 0) is 0 Å². The van der Waals surface area contributed by atoms with Crippen LogP contribution in [0, 0.1) is 16.0 Å². The van der Waals surface area contributed by atoms with E-state index < -0.39 is 10.5 Å². The number of rotatable bonds is 7. The maximum absolute atomic E-state index is 12.6. The van der Waals surface area contributed by atoms with Gasteiger partial charge in [0.05, 0.1) is 10.5 Å². The molecule has 2 aromatic carbocycles. The molecule has 3 rings (SSSR count). The van der Waals surface area contributed by atoms with E-state index >= 15 is 0 Å². The summed E-state index contributed by atoms with van der Waals surface area (Å²) in [7, 11) is 0. The largest absolute Gasteiger partial charge is 0.350 e. The van der Waals surface area contributed by atoms with E-state index in [9.17, 15) is 14.9 Å². The van der Waals surface area contributed by atoms with Gasteiger partial charge in [-0.15, -0.1) is 12.4 Å². The van der Waals surface area contributed by atoms with Crippen LogP contribution in [0.15, 0.2) is 48.5 Å². The molecule has 1 aliphatic rings. The Labute approximate surface area is 163 Å². The van der Waals surface area contributed by atoms with Gasteiger partial charge in [0.25, 0.3) is 11.6 Å². The van der Waals surface area contributed by atoms with Gasteiger partial charge in [-0.05, 0) is 49.9 Å². The van der Waals surface area contributed by atoms with Crippen LogP contribution in [0.2, 0.25) is 0 Å². The molecule has 7 nitrogen and oxygen atoms in total. The number of benzene rings is 2. The molecule has 0 radical (unpaired) electrons. The number of nitrogens with two attached hydrogens (primary N) is 1. The van der Waals surface area contributed by atoms with Gasteiger partial charge in [0.15, 0.2) is 0 Å². The highest BCUT2D eigenvalue weighted by Gasteiger charge is 2.41. The highest BCUT2D eigenvalue weighted by molar-refractivity contribution is 5.96. The fraction of sp³-hybridized carbons (Fsp3) is 0.316. The molecule has 1 amide bonds. The second kappa shape index (κ2) is 8.37. The lowest BCUT2D eigenvalue weighted by Gasteiger charge is -2.29. The van der Waals surface area contributed by atoms with Crippen LogP contribution in [0.25, 0.3) is 0 Å². The molecule has 0 saturated heterocycles. The highest BCUT2D eigenvalue weighted by atomic mass is 35.5. The van der Waals surface area contributed by atoms with Gasteiger partial charge in [-0.3, -0.25) is 14.9 Å². The molecule has 4 N–H and O–H groups in total. The van der Waals surface area contributed by atoms with E-state index in [0.717, 1.165) is 18.5 Å². The molecule has 1 unspecified atom stereocenters. The lowest BCUT2D eigenvalue weighted by Crippen LogP contribution is -2.53. The van der Waals surface area contributed by atoms with Crippen molar-refractivity contribution in [3.05, 3.63) is 64.2 Å². The Morgan fingerprint density at radius 3 is 2.48 bits per heavy atom. The number of carbonyl (C=O) groups is 1. The minimum Gasteiger partial charge on any atom is -0.350 e. The number of hydrogen-bond acceptors (Lipinski definition) is 5. The van der Waals surface area contributed by atoms with Crippen LogP contribution in [0.3, 0.4) is 0 Å². The van der Waals surface area contributed by atoms with Crippen LogP contribution in [0.1, 0.15) is 30.1 Å². The van der Waals surface area contributed by atoms with Gasteiger partial charge in [-0.1, -0.05) is 18.2 Å². The predicted octanol–water partition coefficient (Wildman–Crippen LogP) is 3.62. The van der Waals surface area contributed by atoms with Crippen LogP contribution < -0.4 is 16.4 Å². The first-order valence-electron chi connectivity index (χ1n) is 8.56. The van der Waals surface area contributed by atoms with Crippen molar-refractivity contribution in [2.45, 2.75) is 25.3 Å². The zero-order valence-corrected chi connectivity index (χ0v) is 15.8. The number of carbonyl (C=O) groups excluding carboxylic acids is 1. The second-order valence-electron chi connectivity index (χ2n) is 6.83. The molecular weight excluding hydrogens is 368 g/mol. The first kappa shape index (κ1) is 20.7. The number of halogens is 1. The molecular formula is C19H23ClN4O3. The Morgan fingerprint density at radius 2 is 1.93 bits per heavy atom. The van der Waals surface area contributed by atoms with Crippen LogP contribution in [0.5, 0.6) is 0 Å². The lowest BCUT2D eigenvalue weighted by molar-refractivity contribution is -0.383. The van der Waals surface area contributed by atoms with Crippen LogP contribution in [0.4, 0.5) is 17.1 Å². The molecule has 0 bridgehead atoms. The summed E-state index contributed by atoms with van der Waals surface area (Å²) in [6.45, 7) is 2.25. The van der Waals surface area contributed by atoms with Gasteiger partial charge in [0, 0.05) is 23.9 Å². The van der Waals surface area contributed by atoms with Crippen molar-refractivity contribution >= 4 is 35.4 Å². The molecule has 144 valence electrons. The highest BCUT2D eigenvalue weighted by Crippen LogP contribution is 2.39. The summed E-state index contributed by atoms with van der Waals surface area (Å²) < 4.78 is 0. The number of para-hydroxylation sites is 1. The van der Waals surface area contributed by atoms with Gasteiger partial charge in [-0.2, -0.15) is 0 Å². The Balaban J connectivity index is 0.00000261. The monoisotopic (exact) mass is 390 g/mol. The third-order valence-corrected chi connectivity index (χ3v) is 4.81. The molecule has 0 aromatic heterocycles. The summed E-state index contributed by atoms with van der Waals surface area (Å²) in [6.07, 6.45) is 2.07. The SMILES string of the molecule is CC(CN)(NC(=O)c1ccc(Nc2ccccc2)c([N+](=O)[O-])c1)C1CC1.Cl. The van der Waals surface area contributed by atoms with Crippen molar-refractivity contribution in [2.24, 2.45) is 11.7 Å². The van der Waals surface area contributed by atoms with Crippen molar-refractivity contribution in [1.82, 2.24) is 5.32 Å². The predicted molar refractivity (Wildman–Crippen MR) is 108 cm³/mol. The van der Waals surface area contributed by atoms with Gasteiger partial charge >= 0.3 is 0 Å². The smallest absolute Gasteiger partial charge is 0.293 e. The second-order valence-corrected chi connectivity index (χ2v) is 6.83. The Morgan fingerprint density at radius 1 is 1.26 bits per heavy atom. The van der Waals surface area contributed by atoms with E-state index in [2.05, 4.69) is 10.6 Å². The molecule has 0 aliphatic heterocycles. The average molecular weight is 391 g/mol. The molecule has 0 heterocycles. The Bertz CT molecular complexity index is 827. The molecule has 1 saturated carbocycles. The third kappa shape index (κ3) is 4.75. The Hall–Kier alpha value is -2.64. The maximum Gasteiger partial charge on any atom is 0.293 e. The number of nitro groups is 1. The summed E-state index contributed by atoms with van der Waals surface area (Å²) in [6, 6.07) is 13.6. The minimum absolute atomic E-state index is 0. The number of nitrogens with one attached hydrogen (secondary N) is 2. The van der Waals surface area contributed by atoms with E-state index in [0.29, 0.717) is 18.2 Å². The summed E-state index contributed by atoms with van der Waals surface area (Å²) >= 11 is 0. The number of hydrogen-bond donors (Lipinski definition) is 3. The molecule has 2 aromatic rings. The van der Waals surface area contributed by atoms with E-state index in [1.807, 2.05) is 37.3 Å². The standard InChI is InChI=1S/C19H22N4O3.ClH/c1-19(12-20,14-8-9-14)22-18(24)13-7-10-16(17(11-13)23(25)26)21-15-5-3-2-4-6-15;/h2-7,10-11,14,21H,8-9,12,20H2,1H3,(H,22,24);1H. The molecule has 1 aliphatic carbocycles. The zero-order valence-electron chi connectivity index (χ0n) is 15.0. The van der Waals surface area contributed by atoms with Crippen LogP contribution in [-0.4, -0.2) is 22.9 Å². The number of anilines is 2. The van der Waals surface area contributed by atoms with Gasteiger partial charge in [0.1, 0.15) is 5.69 Å². The minimum atomic E-state index is -0.495. The fourth-order valence-electron chi connectivity index (χ4n) is 2.98. The van der Waals surface area contributed by atoms with Crippen molar-refractivity contribution in [2.75, 3.05) is 11.9 Å². The summed E-state index contributed by atoms with van der Waals surface area (Å²) in [5, 5.41) is 17.4. The number of amides is 1. The van der Waals surface area contributed by atoms with Crippen LogP contribution >= 0.6 is 12.4 Å². The summed E-state index contributed by atoms with van der Waals surface area (Å²) in [5.74, 6) is 0.0182.